The van der Waals surface area contributed by atoms with E-state index in [-0.39, 0.29) is 17.0 Å². The number of fused-ring (bicyclic) bond motifs is 1. The number of hydrogen-bond acceptors (Lipinski definition) is 7. The van der Waals surface area contributed by atoms with Crippen LogP contribution in [0.3, 0.4) is 0 Å². The molecule has 0 saturated carbocycles. The van der Waals surface area contributed by atoms with Crippen LogP contribution in [0.4, 0.5) is 26.3 Å². The SMILES string of the molecule is CCS(=O)(=O)c1cc(C=NOCC(F)(F)F)cnc1-c1cn2c(=O)n(C)c(C(F)(F)F)cc2n1. The molecule has 184 valence electrons. The molecule has 0 atom stereocenters. The van der Waals surface area contributed by atoms with E-state index in [9.17, 15) is 39.6 Å². The number of pyridine rings is 1. The van der Waals surface area contributed by atoms with E-state index >= 15 is 0 Å². The average Bonchev–Trinajstić information content (AvgIpc) is 3.16. The average molecular weight is 511 g/mol. The van der Waals surface area contributed by atoms with Crippen LogP contribution in [-0.4, -0.2) is 52.1 Å². The van der Waals surface area contributed by atoms with E-state index < -0.39 is 56.5 Å². The zero-order chi connectivity index (χ0) is 25.5. The van der Waals surface area contributed by atoms with E-state index in [4.69, 9.17) is 0 Å². The molecule has 0 bridgehead atoms. The third-order valence-corrected chi connectivity index (χ3v) is 6.22. The maximum absolute atomic E-state index is 13.2. The van der Waals surface area contributed by atoms with Gasteiger partial charge in [0.2, 0.25) is 6.61 Å². The van der Waals surface area contributed by atoms with Crippen LogP contribution < -0.4 is 5.69 Å². The molecular formula is C18H15F6N5O4S. The molecule has 3 heterocycles. The van der Waals surface area contributed by atoms with E-state index in [1.807, 2.05) is 0 Å². The van der Waals surface area contributed by atoms with Crippen LogP contribution in [0.25, 0.3) is 17.0 Å². The molecule has 0 amide bonds. The van der Waals surface area contributed by atoms with E-state index in [2.05, 4.69) is 20.0 Å². The summed E-state index contributed by atoms with van der Waals surface area (Å²) in [6.07, 6.45) is -6.57. The smallest absolute Gasteiger partial charge is 0.386 e. The minimum Gasteiger partial charge on any atom is -0.386 e. The highest BCUT2D eigenvalue weighted by Crippen LogP contribution is 2.30. The topological polar surface area (TPSA) is 108 Å². The molecule has 0 spiro atoms. The Bertz CT molecular complexity index is 1420. The number of hydrogen-bond donors (Lipinski definition) is 0. The lowest BCUT2D eigenvalue weighted by Crippen LogP contribution is -2.29. The molecule has 0 radical (unpaired) electrons. The highest BCUT2D eigenvalue weighted by molar-refractivity contribution is 7.91. The van der Waals surface area contributed by atoms with E-state index in [1.165, 1.54) is 6.92 Å². The van der Waals surface area contributed by atoms with Crippen LogP contribution in [0.15, 0.2) is 39.4 Å². The third kappa shape index (κ3) is 5.21. The quantitative estimate of drug-likeness (QED) is 0.286. The Morgan fingerprint density at radius 2 is 1.85 bits per heavy atom. The molecule has 3 aromatic rings. The number of oxime groups is 1. The first-order valence-corrected chi connectivity index (χ1v) is 10.9. The number of aromatic nitrogens is 4. The van der Waals surface area contributed by atoms with Crippen molar-refractivity contribution >= 4 is 21.7 Å². The van der Waals surface area contributed by atoms with Gasteiger partial charge in [-0.25, -0.2) is 18.2 Å². The fraction of sp³-hybridized carbons (Fsp3) is 0.333. The number of alkyl halides is 6. The molecule has 0 fully saturated rings. The number of nitrogens with zero attached hydrogens (tertiary/aromatic N) is 5. The van der Waals surface area contributed by atoms with Crippen molar-refractivity contribution in [1.29, 1.82) is 0 Å². The molecule has 0 saturated heterocycles. The van der Waals surface area contributed by atoms with Gasteiger partial charge in [0.15, 0.2) is 9.84 Å². The van der Waals surface area contributed by atoms with Crippen molar-refractivity contribution in [1.82, 2.24) is 18.9 Å². The molecule has 16 heteroatoms. The highest BCUT2D eigenvalue weighted by Gasteiger charge is 2.35. The van der Waals surface area contributed by atoms with Crippen molar-refractivity contribution in [3.63, 3.8) is 0 Å². The van der Waals surface area contributed by atoms with Gasteiger partial charge in [-0.05, 0) is 6.07 Å². The summed E-state index contributed by atoms with van der Waals surface area (Å²) in [7, 11) is -3.08. The first kappa shape index (κ1) is 25.2. The van der Waals surface area contributed by atoms with Gasteiger partial charge in [-0.1, -0.05) is 12.1 Å². The summed E-state index contributed by atoms with van der Waals surface area (Å²) < 4.78 is 102. The first-order valence-electron chi connectivity index (χ1n) is 9.25. The van der Waals surface area contributed by atoms with Gasteiger partial charge in [0, 0.05) is 31.1 Å². The van der Waals surface area contributed by atoms with Gasteiger partial charge in [-0.3, -0.25) is 14.0 Å². The van der Waals surface area contributed by atoms with Crippen LogP contribution >= 0.6 is 0 Å². The van der Waals surface area contributed by atoms with E-state index in [0.29, 0.717) is 10.6 Å². The van der Waals surface area contributed by atoms with Crippen LogP contribution in [0.5, 0.6) is 0 Å². The van der Waals surface area contributed by atoms with Gasteiger partial charge in [0.25, 0.3) is 0 Å². The fourth-order valence-corrected chi connectivity index (χ4v) is 3.92. The molecule has 0 unspecified atom stereocenters. The van der Waals surface area contributed by atoms with Gasteiger partial charge >= 0.3 is 18.0 Å². The van der Waals surface area contributed by atoms with Crippen LogP contribution in [-0.2, 0) is 27.9 Å². The van der Waals surface area contributed by atoms with Gasteiger partial charge in [0.05, 0.1) is 16.9 Å². The zero-order valence-electron chi connectivity index (χ0n) is 17.3. The van der Waals surface area contributed by atoms with Gasteiger partial charge in [-0.2, -0.15) is 26.3 Å². The van der Waals surface area contributed by atoms with Crippen molar-refractivity contribution < 1.29 is 39.6 Å². The second kappa shape index (κ2) is 8.73. The van der Waals surface area contributed by atoms with Gasteiger partial charge in [-0.15, -0.1) is 0 Å². The Hall–Kier alpha value is -3.43. The standard InChI is InChI=1S/C18H15F6N5O4S/c1-3-34(31,32)12-4-10(7-26-33-9-17(19,20)21)6-25-15(12)11-8-29-14(27-11)5-13(18(22,23)24)28(2)16(29)30/h4-8H,3,9H2,1-2H3. The second-order valence-corrected chi connectivity index (χ2v) is 9.11. The summed E-state index contributed by atoms with van der Waals surface area (Å²) in [4.78, 5) is 24.0. The molecule has 0 aliphatic rings. The van der Waals surface area contributed by atoms with Crippen LogP contribution in [0, 0.1) is 0 Å². The Balaban J connectivity index is 2.12. The van der Waals surface area contributed by atoms with E-state index in [0.717, 1.165) is 36.1 Å². The summed E-state index contributed by atoms with van der Waals surface area (Å²) in [6, 6.07) is 1.67. The maximum atomic E-state index is 13.2. The summed E-state index contributed by atoms with van der Waals surface area (Å²) in [5, 5.41) is 3.12. The lowest BCUT2D eigenvalue weighted by molar-refractivity contribution is -0.173. The molecule has 0 N–H and O–H groups in total. The number of halogens is 6. The first-order chi connectivity index (χ1) is 15.6. The minimum atomic E-state index is -4.84. The zero-order valence-corrected chi connectivity index (χ0v) is 18.2. The molecule has 9 nitrogen and oxygen atoms in total. The van der Waals surface area contributed by atoms with Crippen LogP contribution in [0.1, 0.15) is 18.2 Å². The highest BCUT2D eigenvalue weighted by atomic mass is 32.2. The normalized spacial score (nSPS) is 13.2. The van der Waals surface area contributed by atoms with Crippen LogP contribution in [0.2, 0.25) is 0 Å². The molecule has 3 aromatic heterocycles. The fourth-order valence-electron chi connectivity index (χ4n) is 2.84. The maximum Gasteiger partial charge on any atom is 0.431 e. The molecule has 34 heavy (non-hydrogen) atoms. The van der Waals surface area contributed by atoms with Crippen molar-refractivity contribution in [2.24, 2.45) is 12.2 Å². The van der Waals surface area contributed by atoms with Crippen molar-refractivity contribution in [2.75, 3.05) is 12.4 Å². The largest absolute Gasteiger partial charge is 0.431 e. The minimum absolute atomic E-state index is 0.0306. The summed E-state index contributed by atoms with van der Waals surface area (Å²) in [5.41, 5.74) is -3.24. The lowest BCUT2D eigenvalue weighted by Gasteiger charge is -2.11. The Labute approximate surface area is 187 Å². The predicted molar refractivity (Wildman–Crippen MR) is 106 cm³/mol. The third-order valence-electron chi connectivity index (χ3n) is 4.48. The molecule has 0 aliphatic carbocycles. The van der Waals surface area contributed by atoms with E-state index in [1.54, 1.807) is 0 Å². The van der Waals surface area contributed by atoms with Gasteiger partial charge in [0.1, 0.15) is 22.7 Å². The Kier molecular flexibility index (Phi) is 6.47. The molecular weight excluding hydrogens is 496 g/mol. The van der Waals surface area contributed by atoms with Crippen molar-refractivity contribution in [3.8, 4) is 11.4 Å². The molecule has 3 rings (SSSR count). The summed E-state index contributed by atoms with van der Waals surface area (Å²) in [5.74, 6) is -0.403. The number of imidazole rings is 1. The van der Waals surface area contributed by atoms with Crippen molar-refractivity contribution in [3.05, 3.63) is 46.3 Å². The van der Waals surface area contributed by atoms with Gasteiger partial charge < -0.3 is 4.84 Å². The monoisotopic (exact) mass is 511 g/mol. The molecule has 0 aromatic carbocycles. The lowest BCUT2D eigenvalue weighted by atomic mass is 10.2. The summed E-state index contributed by atoms with van der Waals surface area (Å²) >= 11 is 0. The predicted octanol–water partition coefficient (Wildman–Crippen LogP) is 2.82. The second-order valence-electron chi connectivity index (χ2n) is 6.87. The Morgan fingerprint density at radius 1 is 1.18 bits per heavy atom. The number of sulfone groups is 1. The number of rotatable bonds is 6. The molecule has 0 aliphatic heterocycles. The summed E-state index contributed by atoms with van der Waals surface area (Å²) in [6.45, 7) is -0.341. The van der Waals surface area contributed by atoms with Crippen molar-refractivity contribution in [2.45, 2.75) is 24.2 Å². The Morgan fingerprint density at radius 3 is 2.44 bits per heavy atom.